The second kappa shape index (κ2) is 6.47. The molecule has 0 fully saturated rings. The van der Waals surface area contributed by atoms with Gasteiger partial charge in [0.2, 0.25) is 5.91 Å². The number of amides is 2. The molecule has 20 heavy (non-hydrogen) atoms. The molecule has 0 aliphatic carbocycles. The summed E-state index contributed by atoms with van der Waals surface area (Å²) in [5, 5.41) is 5.32. The lowest BCUT2D eigenvalue weighted by atomic mass is 10.1. The van der Waals surface area contributed by atoms with Crippen molar-refractivity contribution in [2.75, 3.05) is 6.54 Å². The molecule has 0 saturated carbocycles. The highest BCUT2D eigenvalue weighted by molar-refractivity contribution is 7.80. The fourth-order valence-electron chi connectivity index (χ4n) is 1.51. The molecule has 0 atom stereocenters. The zero-order valence-electron chi connectivity index (χ0n) is 11.8. The van der Waals surface area contributed by atoms with Crippen molar-refractivity contribution in [1.29, 1.82) is 0 Å². The van der Waals surface area contributed by atoms with Crippen molar-refractivity contribution in [3.05, 3.63) is 35.4 Å². The van der Waals surface area contributed by atoms with E-state index < -0.39 is 0 Å². The molecule has 0 aromatic heterocycles. The van der Waals surface area contributed by atoms with Gasteiger partial charge in [-0.2, -0.15) is 0 Å². The predicted molar refractivity (Wildman–Crippen MR) is 82.6 cm³/mol. The molecule has 2 amide bonds. The van der Waals surface area contributed by atoms with Crippen LogP contribution in [-0.4, -0.2) is 28.9 Å². The van der Waals surface area contributed by atoms with Gasteiger partial charge in [0, 0.05) is 16.7 Å². The van der Waals surface area contributed by atoms with E-state index in [4.69, 9.17) is 18.0 Å². The lowest BCUT2D eigenvalue weighted by Crippen LogP contribution is -2.45. The van der Waals surface area contributed by atoms with Crippen LogP contribution in [0.2, 0.25) is 0 Å². The first-order chi connectivity index (χ1) is 9.19. The van der Waals surface area contributed by atoms with Gasteiger partial charge in [-0.05, 0) is 32.9 Å². The Bertz CT molecular complexity index is 518. The maximum Gasteiger partial charge on any atom is 0.251 e. The van der Waals surface area contributed by atoms with E-state index in [2.05, 4.69) is 10.6 Å². The van der Waals surface area contributed by atoms with Crippen molar-refractivity contribution < 1.29 is 9.59 Å². The first-order valence-electron chi connectivity index (χ1n) is 6.18. The van der Waals surface area contributed by atoms with Crippen molar-refractivity contribution in [2.24, 2.45) is 5.73 Å². The second-order valence-corrected chi connectivity index (χ2v) is 5.86. The Morgan fingerprint density at radius 1 is 1.15 bits per heavy atom. The summed E-state index contributed by atoms with van der Waals surface area (Å²) < 4.78 is 0. The van der Waals surface area contributed by atoms with E-state index in [1.807, 2.05) is 20.8 Å². The van der Waals surface area contributed by atoms with E-state index in [-0.39, 0.29) is 28.9 Å². The number of thiocarbonyl (C=S) groups is 1. The van der Waals surface area contributed by atoms with Gasteiger partial charge in [-0.1, -0.05) is 24.4 Å². The van der Waals surface area contributed by atoms with Crippen LogP contribution in [0.15, 0.2) is 24.3 Å². The van der Waals surface area contributed by atoms with E-state index in [0.717, 1.165) is 0 Å². The Morgan fingerprint density at radius 3 is 2.10 bits per heavy atom. The van der Waals surface area contributed by atoms with Gasteiger partial charge >= 0.3 is 0 Å². The Hall–Kier alpha value is -1.95. The molecule has 0 saturated heterocycles. The lowest BCUT2D eigenvalue weighted by Gasteiger charge is -2.20. The van der Waals surface area contributed by atoms with Gasteiger partial charge < -0.3 is 16.4 Å². The van der Waals surface area contributed by atoms with E-state index in [1.54, 1.807) is 24.3 Å². The minimum atomic E-state index is -0.319. The topological polar surface area (TPSA) is 84.2 Å². The van der Waals surface area contributed by atoms with Crippen LogP contribution < -0.4 is 16.4 Å². The maximum atomic E-state index is 11.8. The number of hydrogen-bond donors (Lipinski definition) is 3. The molecule has 1 aromatic carbocycles. The van der Waals surface area contributed by atoms with Gasteiger partial charge in [0.1, 0.15) is 4.99 Å². The van der Waals surface area contributed by atoms with Crippen molar-refractivity contribution in [3.63, 3.8) is 0 Å². The molecule has 1 rings (SSSR count). The molecule has 0 spiro atoms. The molecule has 0 heterocycles. The van der Waals surface area contributed by atoms with Gasteiger partial charge in [-0.3, -0.25) is 9.59 Å². The van der Waals surface area contributed by atoms with Crippen LogP contribution in [0.1, 0.15) is 36.7 Å². The third-order valence-corrected chi connectivity index (χ3v) is 2.59. The number of carbonyl (C=O) groups excluding carboxylic acids is 2. The number of carbonyl (C=O) groups is 2. The standard InChI is InChI=1S/C14H19N3O2S/c1-14(2,3)17-11(18)8-16-13(19)10-6-4-9(5-7-10)12(15)20/h4-7H,8H2,1-3H3,(H2,15,20)(H,16,19)(H,17,18). The van der Waals surface area contributed by atoms with Crippen LogP contribution in [0.3, 0.4) is 0 Å². The van der Waals surface area contributed by atoms with E-state index in [0.29, 0.717) is 11.1 Å². The largest absolute Gasteiger partial charge is 0.389 e. The highest BCUT2D eigenvalue weighted by Gasteiger charge is 2.14. The number of rotatable bonds is 4. The zero-order chi connectivity index (χ0) is 15.3. The molecule has 0 unspecified atom stereocenters. The first kappa shape index (κ1) is 16.1. The summed E-state index contributed by atoms with van der Waals surface area (Å²) in [6.07, 6.45) is 0. The highest BCUT2D eigenvalue weighted by Crippen LogP contribution is 2.04. The Kier molecular flexibility index (Phi) is 5.21. The van der Waals surface area contributed by atoms with Gasteiger partial charge in [0.05, 0.1) is 6.54 Å². The summed E-state index contributed by atoms with van der Waals surface area (Å²) in [5.74, 6) is -0.547. The van der Waals surface area contributed by atoms with Crippen LogP contribution in [0, 0.1) is 0 Å². The third kappa shape index (κ3) is 5.36. The summed E-state index contributed by atoms with van der Waals surface area (Å²) in [6, 6.07) is 6.58. The van der Waals surface area contributed by atoms with Crippen LogP contribution in [0.4, 0.5) is 0 Å². The molecule has 0 bridgehead atoms. The monoisotopic (exact) mass is 293 g/mol. The second-order valence-electron chi connectivity index (χ2n) is 5.42. The van der Waals surface area contributed by atoms with Crippen molar-refractivity contribution in [2.45, 2.75) is 26.3 Å². The number of benzene rings is 1. The fraction of sp³-hybridized carbons (Fsp3) is 0.357. The van der Waals surface area contributed by atoms with Crippen LogP contribution in [0.5, 0.6) is 0 Å². The molecular formula is C14H19N3O2S. The van der Waals surface area contributed by atoms with Crippen molar-refractivity contribution in [3.8, 4) is 0 Å². The molecule has 0 aliphatic heterocycles. The molecule has 0 radical (unpaired) electrons. The molecule has 108 valence electrons. The Balaban J connectivity index is 2.55. The minimum absolute atomic E-state index is 0.0623. The smallest absolute Gasteiger partial charge is 0.251 e. The molecule has 5 nitrogen and oxygen atoms in total. The Labute approximate surface area is 123 Å². The summed E-state index contributed by atoms with van der Waals surface area (Å²) in [6.45, 7) is 5.57. The molecular weight excluding hydrogens is 274 g/mol. The maximum absolute atomic E-state index is 11.8. The van der Waals surface area contributed by atoms with E-state index in [9.17, 15) is 9.59 Å². The van der Waals surface area contributed by atoms with Gasteiger partial charge in [0.15, 0.2) is 0 Å². The fourth-order valence-corrected chi connectivity index (χ4v) is 1.65. The minimum Gasteiger partial charge on any atom is -0.389 e. The summed E-state index contributed by atoms with van der Waals surface area (Å²) in [4.78, 5) is 23.7. The van der Waals surface area contributed by atoms with E-state index >= 15 is 0 Å². The van der Waals surface area contributed by atoms with E-state index in [1.165, 1.54) is 0 Å². The average molecular weight is 293 g/mol. The van der Waals surface area contributed by atoms with Crippen molar-refractivity contribution in [1.82, 2.24) is 10.6 Å². The third-order valence-electron chi connectivity index (χ3n) is 2.36. The van der Waals surface area contributed by atoms with Gasteiger partial charge in [-0.15, -0.1) is 0 Å². The number of nitrogens with one attached hydrogen (secondary N) is 2. The van der Waals surface area contributed by atoms with Crippen LogP contribution in [0.25, 0.3) is 0 Å². The van der Waals surface area contributed by atoms with Gasteiger partial charge in [0.25, 0.3) is 5.91 Å². The lowest BCUT2D eigenvalue weighted by molar-refractivity contribution is -0.121. The zero-order valence-corrected chi connectivity index (χ0v) is 12.6. The molecule has 0 aliphatic rings. The predicted octanol–water partition coefficient (Wildman–Crippen LogP) is 0.965. The number of nitrogens with two attached hydrogens (primary N) is 1. The molecule has 4 N–H and O–H groups in total. The normalized spacial score (nSPS) is 10.8. The highest BCUT2D eigenvalue weighted by atomic mass is 32.1. The first-order valence-corrected chi connectivity index (χ1v) is 6.59. The molecule has 1 aromatic rings. The van der Waals surface area contributed by atoms with Gasteiger partial charge in [-0.25, -0.2) is 0 Å². The van der Waals surface area contributed by atoms with Crippen LogP contribution >= 0.6 is 12.2 Å². The summed E-state index contributed by atoms with van der Waals surface area (Å²) in [5.41, 5.74) is 6.30. The quantitative estimate of drug-likeness (QED) is 0.722. The SMILES string of the molecule is CC(C)(C)NC(=O)CNC(=O)c1ccc(C(N)=S)cc1. The summed E-state index contributed by atoms with van der Waals surface area (Å²) in [7, 11) is 0. The summed E-state index contributed by atoms with van der Waals surface area (Å²) >= 11 is 4.83. The average Bonchev–Trinajstić information content (AvgIpc) is 2.34. The van der Waals surface area contributed by atoms with Crippen molar-refractivity contribution >= 4 is 29.0 Å². The molecule has 6 heteroatoms. The van der Waals surface area contributed by atoms with Crippen LogP contribution in [-0.2, 0) is 4.79 Å². The Morgan fingerprint density at radius 2 is 1.65 bits per heavy atom. The number of hydrogen-bond acceptors (Lipinski definition) is 3.